The van der Waals surface area contributed by atoms with Crippen LogP contribution in [-0.2, 0) is 17.8 Å². The summed E-state index contributed by atoms with van der Waals surface area (Å²) in [5, 5.41) is 0. The molecule has 0 aliphatic carbocycles. The highest BCUT2D eigenvalue weighted by molar-refractivity contribution is 5.79. The molecule has 1 aliphatic heterocycles. The van der Waals surface area contributed by atoms with Gasteiger partial charge in [0.25, 0.3) is 0 Å². The Morgan fingerprint density at radius 2 is 1.62 bits per heavy atom. The number of hydrogen-bond acceptors (Lipinski definition) is 5. The molecular weight excluding hydrogens is 368 g/mol. The van der Waals surface area contributed by atoms with Crippen molar-refractivity contribution in [3.63, 3.8) is 0 Å². The van der Waals surface area contributed by atoms with E-state index < -0.39 is 0 Å². The van der Waals surface area contributed by atoms with Crippen LogP contribution in [-0.4, -0.2) is 52.3 Å². The molecule has 0 unspecified atom stereocenters. The summed E-state index contributed by atoms with van der Waals surface area (Å²) in [5.41, 5.74) is 3.23. The number of carbonyl (C=O) groups excluding carboxylic acids is 1. The minimum atomic E-state index is 0.0375. The Morgan fingerprint density at radius 1 is 1.00 bits per heavy atom. The van der Waals surface area contributed by atoms with E-state index in [0.29, 0.717) is 23.8 Å². The van der Waals surface area contributed by atoms with Crippen LogP contribution in [0.3, 0.4) is 0 Å². The lowest BCUT2D eigenvalue weighted by Crippen LogP contribution is -2.29. The van der Waals surface area contributed by atoms with E-state index in [1.807, 2.05) is 25.2 Å². The predicted octanol–water partition coefficient (Wildman–Crippen LogP) is 3.51. The van der Waals surface area contributed by atoms with E-state index in [1.165, 1.54) is 24.1 Å². The van der Waals surface area contributed by atoms with E-state index in [9.17, 15) is 4.79 Å². The summed E-state index contributed by atoms with van der Waals surface area (Å²) < 4.78 is 16.1. The van der Waals surface area contributed by atoms with Gasteiger partial charge in [-0.1, -0.05) is 18.2 Å². The molecule has 1 heterocycles. The fraction of sp³-hybridized carbons (Fsp3) is 0.435. The highest BCUT2D eigenvalue weighted by atomic mass is 16.5. The number of methoxy groups -OCH3 is 3. The molecule has 1 fully saturated rings. The average Bonchev–Trinajstić information content (AvgIpc) is 3.27. The summed E-state index contributed by atoms with van der Waals surface area (Å²) in [6, 6.07) is 12.0. The Morgan fingerprint density at radius 3 is 2.21 bits per heavy atom. The quantitative estimate of drug-likeness (QED) is 0.681. The van der Waals surface area contributed by atoms with Gasteiger partial charge < -0.3 is 24.0 Å². The van der Waals surface area contributed by atoms with Crippen molar-refractivity contribution >= 4 is 11.6 Å². The number of benzene rings is 2. The molecule has 156 valence electrons. The minimum Gasteiger partial charge on any atom is -0.493 e. The first-order chi connectivity index (χ1) is 14.1. The van der Waals surface area contributed by atoms with Crippen LogP contribution >= 0.6 is 0 Å². The van der Waals surface area contributed by atoms with Crippen molar-refractivity contribution in [2.24, 2.45) is 0 Å². The highest BCUT2D eigenvalue weighted by Gasteiger charge is 2.19. The van der Waals surface area contributed by atoms with Gasteiger partial charge in [0, 0.05) is 32.4 Å². The molecule has 1 amide bonds. The first kappa shape index (κ1) is 20.8. The van der Waals surface area contributed by atoms with Gasteiger partial charge >= 0.3 is 0 Å². The summed E-state index contributed by atoms with van der Waals surface area (Å²) in [4.78, 5) is 17.1. The largest absolute Gasteiger partial charge is 0.493 e. The summed E-state index contributed by atoms with van der Waals surface area (Å²) in [6.45, 7) is 2.75. The van der Waals surface area contributed by atoms with Gasteiger partial charge in [-0.2, -0.15) is 0 Å². The van der Waals surface area contributed by atoms with Gasteiger partial charge in [-0.05, 0) is 42.2 Å². The molecule has 6 nitrogen and oxygen atoms in total. The normalized spacial score (nSPS) is 13.3. The van der Waals surface area contributed by atoms with Crippen molar-refractivity contribution in [3.8, 4) is 17.2 Å². The Balaban J connectivity index is 1.73. The number of ether oxygens (including phenoxy) is 3. The van der Waals surface area contributed by atoms with Gasteiger partial charge in [-0.3, -0.25) is 4.79 Å². The summed E-state index contributed by atoms with van der Waals surface area (Å²) >= 11 is 0. The van der Waals surface area contributed by atoms with Gasteiger partial charge in [-0.25, -0.2) is 0 Å². The number of hydrogen-bond donors (Lipinski definition) is 0. The number of likely N-dealkylation sites (N-methyl/N-ethyl adjacent to an activating group) is 1. The van der Waals surface area contributed by atoms with Crippen molar-refractivity contribution < 1.29 is 19.0 Å². The zero-order valence-corrected chi connectivity index (χ0v) is 17.7. The molecule has 0 aromatic heterocycles. The maximum absolute atomic E-state index is 12.9. The zero-order chi connectivity index (χ0) is 20.8. The van der Waals surface area contributed by atoms with E-state index in [-0.39, 0.29) is 12.3 Å². The number of carbonyl (C=O) groups is 1. The van der Waals surface area contributed by atoms with Crippen molar-refractivity contribution in [1.82, 2.24) is 4.90 Å². The Kier molecular flexibility index (Phi) is 6.86. The lowest BCUT2D eigenvalue weighted by Gasteiger charge is -2.24. The first-order valence-corrected chi connectivity index (χ1v) is 9.93. The fourth-order valence-corrected chi connectivity index (χ4v) is 3.80. The summed E-state index contributed by atoms with van der Waals surface area (Å²) in [5.74, 6) is 1.67. The third kappa shape index (κ3) is 4.75. The number of anilines is 1. The Bertz CT molecular complexity index is 822. The lowest BCUT2D eigenvalue weighted by molar-refractivity contribution is -0.129. The van der Waals surface area contributed by atoms with Crippen molar-refractivity contribution in [3.05, 3.63) is 47.5 Å². The van der Waals surface area contributed by atoms with Gasteiger partial charge in [-0.15, -0.1) is 0 Å². The molecular formula is C23H30N2O4. The molecule has 2 aromatic carbocycles. The van der Waals surface area contributed by atoms with E-state index in [1.54, 1.807) is 26.2 Å². The molecule has 2 aromatic rings. The van der Waals surface area contributed by atoms with Gasteiger partial charge in [0.05, 0.1) is 27.8 Å². The second kappa shape index (κ2) is 9.54. The summed E-state index contributed by atoms with van der Waals surface area (Å²) in [6.07, 6.45) is 2.72. The van der Waals surface area contributed by atoms with Crippen molar-refractivity contribution in [1.29, 1.82) is 0 Å². The number of amides is 1. The highest BCUT2D eigenvalue weighted by Crippen LogP contribution is 2.38. The lowest BCUT2D eigenvalue weighted by atomic mass is 10.1. The van der Waals surface area contributed by atoms with Crippen LogP contribution in [0, 0.1) is 0 Å². The first-order valence-electron chi connectivity index (χ1n) is 9.93. The fourth-order valence-electron chi connectivity index (χ4n) is 3.80. The van der Waals surface area contributed by atoms with Crippen LogP contribution < -0.4 is 19.1 Å². The average molecular weight is 399 g/mol. The molecule has 0 bridgehead atoms. The van der Waals surface area contributed by atoms with Crippen LogP contribution in [0.2, 0.25) is 0 Å². The molecule has 0 radical (unpaired) electrons. The monoisotopic (exact) mass is 398 g/mol. The predicted molar refractivity (Wildman–Crippen MR) is 114 cm³/mol. The van der Waals surface area contributed by atoms with Crippen LogP contribution in [0.4, 0.5) is 5.69 Å². The van der Waals surface area contributed by atoms with Crippen molar-refractivity contribution in [2.45, 2.75) is 25.8 Å². The Hall–Kier alpha value is -2.89. The van der Waals surface area contributed by atoms with E-state index in [2.05, 4.69) is 23.1 Å². The molecule has 0 atom stereocenters. The molecule has 0 N–H and O–H groups in total. The minimum absolute atomic E-state index is 0.0375. The smallest absolute Gasteiger partial charge is 0.227 e. The standard InChI is InChI=1S/C23H30N2O4/c1-24(16-18-9-5-6-10-19(18)25-11-7-8-12-25)22(26)15-17-13-20(27-2)23(29-4)21(14-17)28-3/h5-6,9-10,13-14H,7-8,11-12,15-16H2,1-4H3. The van der Waals surface area contributed by atoms with Gasteiger partial charge in [0.15, 0.2) is 11.5 Å². The third-order valence-electron chi connectivity index (χ3n) is 5.35. The molecule has 0 spiro atoms. The topological polar surface area (TPSA) is 51.2 Å². The van der Waals surface area contributed by atoms with Crippen LogP contribution in [0.25, 0.3) is 0 Å². The van der Waals surface area contributed by atoms with Crippen LogP contribution in [0.1, 0.15) is 24.0 Å². The van der Waals surface area contributed by atoms with E-state index in [0.717, 1.165) is 18.7 Å². The number of nitrogens with zero attached hydrogens (tertiary/aromatic N) is 2. The second-order valence-electron chi connectivity index (χ2n) is 7.28. The number of rotatable bonds is 8. The third-order valence-corrected chi connectivity index (χ3v) is 5.35. The van der Waals surface area contributed by atoms with E-state index >= 15 is 0 Å². The maximum Gasteiger partial charge on any atom is 0.227 e. The summed E-state index contributed by atoms with van der Waals surface area (Å²) in [7, 11) is 6.56. The zero-order valence-electron chi connectivity index (χ0n) is 17.7. The molecule has 3 rings (SSSR count). The van der Waals surface area contributed by atoms with E-state index in [4.69, 9.17) is 14.2 Å². The van der Waals surface area contributed by atoms with Crippen LogP contribution in [0.15, 0.2) is 36.4 Å². The van der Waals surface area contributed by atoms with Crippen LogP contribution in [0.5, 0.6) is 17.2 Å². The SMILES string of the molecule is COc1cc(CC(=O)N(C)Cc2ccccc2N2CCCC2)cc(OC)c1OC. The molecule has 6 heteroatoms. The van der Waals surface area contributed by atoms with Crippen molar-refractivity contribution in [2.75, 3.05) is 46.4 Å². The molecule has 1 aliphatic rings. The maximum atomic E-state index is 12.9. The van der Waals surface area contributed by atoms with Gasteiger partial charge in [0.2, 0.25) is 11.7 Å². The molecule has 29 heavy (non-hydrogen) atoms. The number of para-hydroxylation sites is 1. The Labute approximate surface area is 173 Å². The molecule has 0 saturated carbocycles. The molecule has 1 saturated heterocycles. The van der Waals surface area contributed by atoms with Gasteiger partial charge in [0.1, 0.15) is 0 Å². The second-order valence-corrected chi connectivity index (χ2v) is 7.28.